The van der Waals surface area contributed by atoms with Gasteiger partial charge in [-0.25, -0.2) is 4.98 Å². The third kappa shape index (κ3) is 3.25. The molecule has 0 saturated carbocycles. The van der Waals surface area contributed by atoms with Crippen LogP contribution in [0.3, 0.4) is 0 Å². The molecule has 98 valence electrons. The van der Waals surface area contributed by atoms with E-state index in [-0.39, 0.29) is 0 Å². The molecule has 1 heterocycles. The second-order valence-electron chi connectivity index (χ2n) is 2.82. The van der Waals surface area contributed by atoms with Crippen molar-refractivity contribution in [2.45, 2.75) is 12.5 Å². The summed E-state index contributed by atoms with van der Waals surface area (Å²) in [6.45, 7) is 0. The number of ether oxygens (including phenoxy) is 1. The molecule has 0 fully saturated rings. The molecule has 0 bridgehead atoms. The zero-order valence-corrected chi connectivity index (χ0v) is 9.61. The molecule has 0 N–H and O–H groups in total. The number of aromatic nitrogens is 1. The summed E-state index contributed by atoms with van der Waals surface area (Å²) in [6, 6.07) is 1.38. The first-order valence-corrected chi connectivity index (χ1v) is 4.77. The van der Waals surface area contributed by atoms with Crippen molar-refractivity contribution in [2.24, 2.45) is 0 Å². The van der Waals surface area contributed by atoms with E-state index < -0.39 is 34.0 Å². The smallest absolute Gasteiger partial charge is 0.402 e. The van der Waals surface area contributed by atoms with Gasteiger partial charge < -0.3 is 4.74 Å². The van der Waals surface area contributed by atoms with Gasteiger partial charge in [0.15, 0.2) is 11.4 Å². The van der Waals surface area contributed by atoms with Crippen molar-refractivity contribution < 1.29 is 31.1 Å². The number of nitrogens with zero attached hydrogens (tertiary/aromatic N) is 2. The molecule has 1 aromatic heterocycles. The van der Waals surface area contributed by atoms with E-state index in [1.165, 1.54) is 6.07 Å². The molecule has 0 aliphatic heterocycles. The Bertz CT molecular complexity index is 504. The SMILES string of the molecule is N#Cc1cnc(C(F)(F)F)c(OC(F)(F)F)c1Br. The molecule has 0 aliphatic carbocycles. The molecular formula is C8HBrF6N2O. The van der Waals surface area contributed by atoms with Crippen molar-refractivity contribution in [3.8, 4) is 11.8 Å². The van der Waals surface area contributed by atoms with Gasteiger partial charge in [-0.05, 0) is 15.9 Å². The Morgan fingerprint density at radius 3 is 2.17 bits per heavy atom. The van der Waals surface area contributed by atoms with Crippen molar-refractivity contribution in [1.82, 2.24) is 4.98 Å². The monoisotopic (exact) mass is 334 g/mol. The predicted octanol–water partition coefficient (Wildman–Crippen LogP) is 3.63. The van der Waals surface area contributed by atoms with Crippen LogP contribution in [0, 0.1) is 11.3 Å². The Morgan fingerprint density at radius 1 is 1.22 bits per heavy atom. The van der Waals surface area contributed by atoms with Crippen molar-refractivity contribution in [1.29, 1.82) is 5.26 Å². The lowest BCUT2D eigenvalue weighted by atomic mass is 10.2. The summed E-state index contributed by atoms with van der Waals surface area (Å²) in [4.78, 5) is 2.76. The van der Waals surface area contributed by atoms with Crippen LogP contribution in [0.5, 0.6) is 5.75 Å². The first kappa shape index (κ1) is 14.6. The van der Waals surface area contributed by atoms with Crippen LogP contribution in [0.4, 0.5) is 26.3 Å². The molecule has 10 heteroatoms. The van der Waals surface area contributed by atoms with Crippen LogP contribution in [-0.4, -0.2) is 11.3 Å². The van der Waals surface area contributed by atoms with E-state index in [1.54, 1.807) is 0 Å². The summed E-state index contributed by atoms with van der Waals surface area (Å²) >= 11 is 2.45. The molecule has 0 atom stereocenters. The largest absolute Gasteiger partial charge is 0.573 e. The predicted molar refractivity (Wildman–Crippen MR) is 48.3 cm³/mol. The Hall–Kier alpha value is -1.50. The van der Waals surface area contributed by atoms with Gasteiger partial charge >= 0.3 is 12.5 Å². The summed E-state index contributed by atoms with van der Waals surface area (Å²) in [5.41, 5.74) is -2.38. The van der Waals surface area contributed by atoms with Gasteiger partial charge in [-0.3, -0.25) is 0 Å². The molecule has 0 radical (unpaired) electrons. The van der Waals surface area contributed by atoms with Crippen LogP contribution >= 0.6 is 15.9 Å². The van der Waals surface area contributed by atoms with Crippen LogP contribution in [0.25, 0.3) is 0 Å². The molecule has 0 aliphatic rings. The van der Waals surface area contributed by atoms with Gasteiger partial charge in [0, 0.05) is 6.20 Å². The van der Waals surface area contributed by atoms with E-state index in [0.29, 0.717) is 6.20 Å². The molecule has 3 nitrogen and oxygen atoms in total. The fourth-order valence-corrected chi connectivity index (χ4v) is 1.42. The summed E-state index contributed by atoms with van der Waals surface area (Å²) in [5.74, 6) is -1.59. The number of pyridine rings is 1. The highest BCUT2D eigenvalue weighted by atomic mass is 79.9. The maximum absolute atomic E-state index is 12.4. The van der Waals surface area contributed by atoms with E-state index >= 15 is 0 Å². The summed E-state index contributed by atoms with van der Waals surface area (Å²) < 4.78 is 75.8. The first-order valence-electron chi connectivity index (χ1n) is 3.98. The van der Waals surface area contributed by atoms with E-state index in [4.69, 9.17) is 5.26 Å². The number of rotatable bonds is 1. The second-order valence-corrected chi connectivity index (χ2v) is 3.61. The van der Waals surface area contributed by atoms with E-state index in [1.807, 2.05) is 0 Å². The van der Waals surface area contributed by atoms with Gasteiger partial charge in [0.05, 0.1) is 10.0 Å². The molecule has 1 rings (SSSR count). The van der Waals surface area contributed by atoms with E-state index in [2.05, 4.69) is 25.7 Å². The lowest BCUT2D eigenvalue weighted by Gasteiger charge is -2.16. The van der Waals surface area contributed by atoms with Crippen LogP contribution in [0.2, 0.25) is 0 Å². The Morgan fingerprint density at radius 2 is 1.78 bits per heavy atom. The lowest BCUT2D eigenvalue weighted by Crippen LogP contribution is -2.21. The number of alkyl halides is 6. The highest BCUT2D eigenvalue weighted by molar-refractivity contribution is 9.10. The van der Waals surface area contributed by atoms with Gasteiger partial charge in [-0.2, -0.15) is 18.4 Å². The third-order valence-electron chi connectivity index (χ3n) is 1.58. The van der Waals surface area contributed by atoms with Gasteiger partial charge in [-0.15, -0.1) is 13.2 Å². The number of halogens is 7. The Balaban J connectivity index is 3.47. The molecule has 0 saturated heterocycles. The molecule has 18 heavy (non-hydrogen) atoms. The number of hydrogen-bond donors (Lipinski definition) is 0. The molecule has 0 spiro atoms. The maximum atomic E-state index is 12.4. The molecule has 0 aromatic carbocycles. The topological polar surface area (TPSA) is 45.9 Å². The average Bonchev–Trinajstić information content (AvgIpc) is 2.17. The summed E-state index contributed by atoms with van der Waals surface area (Å²) in [6.07, 6.45) is -9.98. The molecule has 0 amide bonds. The van der Waals surface area contributed by atoms with Crippen LogP contribution < -0.4 is 4.74 Å². The van der Waals surface area contributed by atoms with E-state index in [0.717, 1.165) is 0 Å². The fourth-order valence-electron chi connectivity index (χ4n) is 0.959. The van der Waals surface area contributed by atoms with Gasteiger partial charge in [-0.1, -0.05) is 0 Å². The standard InChI is InChI=1S/C8HBrF6N2O/c9-4-3(1-16)2-17-6(7(10,11)12)5(4)18-8(13,14)15/h2H. The van der Waals surface area contributed by atoms with Crippen molar-refractivity contribution in [2.75, 3.05) is 0 Å². The number of nitriles is 1. The zero-order chi connectivity index (χ0) is 14.1. The summed E-state index contributed by atoms with van der Waals surface area (Å²) in [7, 11) is 0. The first-order chi connectivity index (χ1) is 8.06. The van der Waals surface area contributed by atoms with Crippen LogP contribution in [-0.2, 0) is 6.18 Å². The van der Waals surface area contributed by atoms with E-state index in [9.17, 15) is 26.3 Å². The molecule has 0 unspecified atom stereocenters. The van der Waals surface area contributed by atoms with Crippen LogP contribution in [0.15, 0.2) is 10.7 Å². The zero-order valence-electron chi connectivity index (χ0n) is 8.03. The molecule has 1 aromatic rings. The minimum atomic E-state index is -5.34. The number of hydrogen-bond acceptors (Lipinski definition) is 3. The fraction of sp³-hybridized carbons (Fsp3) is 0.250. The quantitative estimate of drug-likeness (QED) is 0.737. The normalized spacial score (nSPS) is 12.1. The van der Waals surface area contributed by atoms with Crippen LogP contribution in [0.1, 0.15) is 11.3 Å². The molecular weight excluding hydrogens is 334 g/mol. The van der Waals surface area contributed by atoms with Gasteiger partial charge in [0.25, 0.3) is 0 Å². The van der Waals surface area contributed by atoms with Crippen molar-refractivity contribution in [3.05, 3.63) is 21.9 Å². The van der Waals surface area contributed by atoms with Crippen molar-refractivity contribution in [3.63, 3.8) is 0 Å². The third-order valence-corrected chi connectivity index (χ3v) is 2.37. The highest BCUT2D eigenvalue weighted by Gasteiger charge is 2.42. The minimum absolute atomic E-state index is 0.496. The second kappa shape index (κ2) is 4.64. The van der Waals surface area contributed by atoms with Gasteiger partial charge in [0.2, 0.25) is 0 Å². The maximum Gasteiger partial charge on any atom is 0.573 e. The lowest BCUT2D eigenvalue weighted by molar-refractivity contribution is -0.276. The van der Waals surface area contributed by atoms with Crippen molar-refractivity contribution >= 4 is 15.9 Å². The van der Waals surface area contributed by atoms with Gasteiger partial charge in [0.1, 0.15) is 6.07 Å². The summed E-state index contributed by atoms with van der Waals surface area (Å²) in [5, 5.41) is 8.50. The minimum Gasteiger partial charge on any atom is -0.402 e. The average molecular weight is 335 g/mol. The Kier molecular flexibility index (Phi) is 3.75. The highest BCUT2D eigenvalue weighted by Crippen LogP contribution is 2.42. The Labute approximate surface area is 104 Å².